The van der Waals surface area contributed by atoms with Crippen molar-refractivity contribution in [1.82, 2.24) is 5.32 Å². The summed E-state index contributed by atoms with van der Waals surface area (Å²) >= 11 is 0. The van der Waals surface area contributed by atoms with Gasteiger partial charge in [-0.1, -0.05) is 24.3 Å². The largest absolute Gasteiger partial charge is 0.488 e. The molecule has 2 N–H and O–H groups in total. The third-order valence-electron chi connectivity index (χ3n) is 4.59. The number of fused-ring (bicyclic) bond motifs is 2. The summed E-state index contributed by atoms with van der Waals surface area (Å²) in [4.78, 5) is 0. The predicted molar refractivity (Wildman–Crippen MR) is 83.7 cm³/mol. The first-order valence-corrected chi connectivity index (χ1v) is 7.61. The highest BCUT2D eigenvalue weighted by molar-refractivity contribution is 5.51. The van der Waals surface area contributed by atoms with Crippen LogP contribution in [-0.4, -0.2) is 18.2 Å². The molecule has 1 aliphatic heterocycles. The molecule has 0 amide bonds. The average Bonchev–Trinajstić information content (AvgIpc) is 2.69. The lowest BCUT2D eigenvalue weighted by atomic mass is 9.78. The SMILES string of the molecule is CNC(C)C1(O)c2cc(C(F)(F)F)ccc2COc2ccccc21. The minimum Gasteiger partial charge on any atom is -0.488 e. The van der Waals surface area contributed by atoms with Crippen molar-refractivity contribution < 1.29 is 23.0 Å². The molecule has 0 bridgehead atoms. The number of para-hydroxylation sites is 1. The van der Waals surface area contributed by atoms with Gasteiger partial charge in [-0.2, -0.15) is 13.2 Å². The molecule has 1 heterocycles. The summed E-state index contributed by atoms with van der Waals surface area (Å²) in [5.74, 6) is 0.465. The van der Waals surface area contributed by atoms with Crippen LogP contribution in [0.2, 0.25) is 0 Å². The van der Waals surface area contributed by atoms with Crippen LogP contribution in [-0.2, 0) is 18.4 Å². The van der Waals surface area contributed by atoms with Crippen molar-refractivity contribution in [3.63, 3.8) is 0 Å². The average molecular weight is 337 g/mol. The maximum absolute atomic E-state index is 13.2. The molecule has 0 radical (unpaired) electrons. The monoisotopic (exact) mass is 337 g/mol. The van der Waals surface area contributed by atoms with E-state index in [2.05, 4.69) is 5.32 Å². The van der Waals surface area contributed by atoms with Crippen LogP contribution < -0.4 is 10.1 Å². The number of ether oxygens (including phenoxy) is 1. The number of halogens is 3. The third-order valence-corrected chi connectivity index (χ3v) is 4.59. The van der Waals surface area contributed by atoms with Crippen LogP contribution in [0.5, 0.6) is 5.75 Å². The third kappa shape index (κ3) is 2.56. The number of nitrogens with one attached hydrogen (secondary N) is 1. The minimum atomic E-state index is -4.48. The van der Waals surface area contributed by atoms with Crippen LogP contribution in [0.3, 0.4) is 0 Å². The maximum atomic E-state index is 13.2. The van der Waals surface area contributed by atoms with E-state index in [0.717, 1.165) is 12.1 Å². The number of aliphatic hydroxyl groups is 1. The molecule has 1 aliphatic rings. The van der Waals surface area contributed by atoms with Gasteiger partial charge in [0.1, 0.15) is 18.0 Å². The predicted octanol–water partition coefficient (Wildman–Crippen LogP) is 3.44. The van der Waals surface area contributed by atoms with E-state index in [1.54, 1.807) is 38.2 Å². The first kappa shape index (κ1) is 16.8. The lowest BCUT2D eigenvalue weighted by molar-refractivity contribution is -0.137. The van der Waals surface area contributed by atoms with E-state index in [9.17, 15) is 18.3 Å². The van der Waals surface area contributed by atoms with Gasteiger partial charge < -0.3 is 15.2 Å². The Balaban J connectivity index is 2.30. The van der Waals surface area contributed by atoms with E-state index in [0.29, 0.717) is 16.9 Å². The lowest BCUT2D eigenvalue weighted by Crippen LogP contribution is -2.46. The normalized spacial score (nSPS) is 21.2. The molecule has 2 atom stereocenters. The van der Waals surface area contributed by atoms with Gasteiger partial charge in [0.2, 0.25) is 0 Å². The molecule has 0 saturated heterocycles. The Morgan fingerprint density at radius 1 is 1.17 bits per heavy atom. The van der Waals surface area contributed by atoms with Crippen LogP contribution in [0.1, 0.15) is 29.2 Å². The Morgan fingerprint density at radius 3 is 2.54 bits per heavy atom. The zero-order chi connectivity index (χ0) is 17.5. The van der Waals surface area contributed by atoms with Crippen molar-refractivity contribution in [2.24, 2.45) is 0 Å². The smallest absolute Gasteiger partial charge is 0.416 e. The molecule has 2 aromatic rings. The maximum Gasteiger partial charge on any atom is 0.416 e. The summed E-state index contributed by atoms with van der Waals surface area (Å²) in [6.45, 7) is 1.83. The molecule has 128 valence electrons. The molecular weight excluding hydrogens is 319 g/mol. The summed E-state index contributed by atoms with van der Waals surface area (Å²) in [6, 6.07) is 9.77. The summed E-state index contributed by atoms with van der Waals surface area (Å²) in [6.07, 6.45) is -4.48. The Hall–Kier alpha value is -2.05. The van der Waals surface area contributed by atoms with Crippen LogP contribution in [0, 0.1) is 0 Å². The second-order valence-corrected chi connectivity index (χ2v) is 5.93. The van der Waals surface area contributed by atoms with Crippen molar-refractivity contribution >= 4 is 0 Å². The quantitative estimate of drug-likeness (QED) is 0.882. The van der Waals surface area contributed by atoms with E-state index in [-0.39, 0.29) is 12.2 Å². The molecule has 6 heteroatoms. The van der Waals surface area contributed by atoms with Gasteiger partial charge in [0.25, 0.3) is 0 Å². The summed E-state index contributed by atoms with van der Waals surface area (Å²) in [5.41, 5.74) is -1.24. The number of rotatable bonds is 2. The van der Waals surface area contributed by atoms with Gasteiger partial charge in [0, 0.05) is 11.6 Å². The molecule has 0 saturated carbocycles. The molecular formula is C18H18F3NO2. The zero-order valence-electron chi connectivity index (χ0n) is 13.3. The number of hydrogen-bond donors (Lipinski definition) is 2. The first-order chi connectivity index (χ1) is 11.3. The summed E-state index contributed by atoms with van der Waals surface area (Å²) in [7, 11) is 1.66. The van der Waals surface area contributed by atoms with Gasteiger partial charge in [0.05, 0.1) is 5.56 Å². The van der Waals surface area contributed by atoms with E-state index in [1.807, 2.05) is 0 Å². The van der Waals surface area contributed by atoms with Gasteiger partial charge >= 0.3 is 6.18 Å². The van der Waals surface area contributed by atoms with E-state index in [4.69, 9.17) is 4.74 Å². The molecule has 3 rings (SSSR count). The van der Waals surface area contributed by atoms with E-state index >= 15 is 0 Å². The van der Waals surface area contributed by atoms with Crippen molar-refractivity contribution in [3.8, 4) is 5.75 Å². The van der Waals surface area contributed by atoms with E-state index < -0.39 is 23.4 Å². The number of hydrogen-bond acceptors (Lipinski definition) is 3. The second kappa shape index (κ2) is 5.79. The molecule has 0 aliphatic carbocycles. The highest BCUT2D eigenvalue weighted by atomic mass is 19.4. The summed E-state index contributed by atoms with van der Waals surface area (Å²) < 4.78 is 45.2. The van der Waals surface area contributed by atoms with Crippen LogP contribution >= 0.6 is 0 Å². The molecule has 0 aromatic heterocycles. The fraction of sp³-hybridized carbons (Fsp3) is 0.333. The molecule has 2 aromatic carbocycles. The Bertz CT molecular complexity index is 760. The van der Waals surface area contributed by atoms with Crippen molar-refractivity contribution in [3.05, 3.63) is 64.7 Å². The van der Waals surface area contributed by atoms with Gasteiger partial charge in [-0.15, -0.1) is 0 Å². The molecule has 24 heavy (non-hydrogen) atoms. The second-order valence-electron chi connectivity index (χ2n) is 5.93. The van der Waals surface area contributed by atoms with Crippen LogP contribution in [0.4, 0.5) is 13.2 Å². The Morgan fingerprint density at radius 2 is 1.88 bits per heavy atom. The highest BCUT2D eigenvalue weighted by Gasteiger charge is 2.44. The van der Waals surface area contributed by atoms with Crippen LogP contribution in [0.15, 0.2) is 42.5 Å². The number of benzene rings is 2. The number of alkyl halides is 3. The Kier molecular flexibility index (Phi) is 4.05. The molecule has 0 fully saturated rings. The van der Waals surface area contributed by atoms with E-state index in [1.165, 1.54) is 6.07 Å². The summed E-state index contributed by atoms with van der Waals surface area (Å²) in [5, 5.41) is 14.5. The fourth-order valence-corrected chi connectivity index (χ4v) is 3.12. The molecule has 3 nitrogen and oxygen atoms in total. The molecule has 2 unspecified atom stereocenters. The Labute approximate surface area is 138 Å². The fourth-order valence-electron chi connectivity index (χ4n) is 3.12. The van der Waals surface area contributed by atoms with Gasteiger partial charge in [-0.05, 0) is 43.3 Å². The molecule has 0 spiro atoms. The van der Waals surface area contributed by atoms with Gasteiger partial charge in [0.15, 0.2) is 0 Å². The van der Waals surface area contributed by atoms with Crippen LogP contribution in [0.25, 0.3) is 0 Å². The van der Waals surface area contributed by atoms with Crippen molar-refractivity contribution in [1.29, 1.82) is 0 Å². The highest BCUT2D eigenvalue weighted by Crippen LogP contribution is 2.44. The first-order valence-electron chi connectivity index (χ1n) is 7.61. The minimum absolute atomic E-state index is 0.100. The number of likely N-dealkylation sites (N-methyl/N-ethyl adjacent to an activating group) is 1. The zero-order valence-corrected chi connectivity index (χ0v) is 13.3. The van der Waals surface area contributed by atoms with Gasteiger partial charge in [-0.25, -0.2) is 0 Å². The lowest BCUT2D eigenvalue weighted by Gasteiger charge is -2.35. The van der Waals surface area contributed by atoms with Gasteiger partial charge in [-0.3, -0.25) is 0 Å². The topological polar surface area (TPSA) is 41.5 Å². The van der Waals surface area contributed by atoms with Crippen molar-refractivity contribution in [2.45, 2.75) is 31.3 Å². The van der Waals surface area contributed by atoms with Crippen molar-refractivity contribution in [2.75, 3.05) is 7.05 Å². The standard InChI is InChI=1S/C18H18F3NO2/c1-11(22-2)17(23)14-5-3-4-6-16(14)24-10-12-7-8-13(9-15(12)17)18(19,20)21/h3-9,11,22-23H,10H2,1-2H3.